The number of likely N-dealkylation sites (tertiary alicyclic amines) is 1. The largest absolute Gasteiger partial charge is 0.508 e. The number of piperidine rings is 1. The molecular weight excluding hydrogens is 597 g/mol. The van der Waals surface area contributed by atoms with Gasteiger partial charge in [0.1, 0.15) is 46.8 Å². The Hall–Kier alpha value is -4.34. The number of hydrogen-bond acceptors (Lipinski definition) is 9. The van der Waals surface area contributed by atoms with E-state index < -0.39 is 23.2 Å². The highest BCUT2D eigenvalue weighted by molar-refractivity contribution is 6.04. The van der Waals surface area contributed by atoms with E-state index >= 15 is 8.78 Å². The third-order valence-corrected chi connectivity index (χ3v) is 9.56. The average molecular weight is 633 g/mol. The quantitative estimate of drug-likeness (QED) is 0.290. The molecule has 0 saturated carbocycles. The van der Waals surface area contributed by atoms with Crippen LogP contribution in [0.15, 0.2) is 24.3 Å². The number of alkyl halides is 1. The van der Waals surface area contributed by atoms with Crippen molar-refractivity contribution in [3.8, 4) is 41.2 Å². The predicted molar refractivity (Wildman–Crippen MR) is 169 cm³/mol. The molecule has 2 bridgehead atoms. The number of nitrogens with zero attached hydrogens (tertiary/aromatic N) is 5. The first kappa shape index (κ1) is 30.3. The van der Waals surface area contributed by atoms with Gasteiger partial charge in [-0.05, 0) is 49.9 Å². The molecule has 2 aromatic heterocycles. The molecular formula is C34H35F3N6O3. The molecule has 7 rings (SSSR count). The van der Waals surface area contributed by atoms with Crippen molar-refractivity contribution in [2.24, 2.45) is 5.41 Å². The number of pyridine rings is 1. The lowest BCUT2D eigenvalue weighted by atomic mass is 9.81. The maximum Gasteiger partial charge on any atom is 0.319 e. The van der Waals surface area contributed by atoms with Gasteiger partial charge in [-0.1, -0.05) is 18.9 Å². The van der Waals surface area contributed by atoms with Crippen molar-refractivity contribution >= 4 is 27.5 Å². The molecule has 9 nitrogen and oxygen atoms in total. The van der Waals surface area contributed by atoms with Crippen molar-refractivity contribution in [1.29, 1.82) is 0 Å². The van der Waals surface area contributed by atoms with Crippen LogP contribution in [0.1, 0.15) is 31.7 Å². The number of benzene rings is 2. The van der Waals surface area contributed by atoms with Crippen molar-refractivity contribution in [3.05, 3.63) is 41.5 Å². The van der Waals surface area contributed by atoms with Gasteiger partial charge in [0, 0.05) is 54.6 Å². The summed E-state index contributed by atoms with van der Waals surface area (Å²) in [5.41, 5.74) is -1.22. The van der Waals surface area contributed by atoms with E-state index in [0.717, 1.165) is 12.8 Å². The van der Waals surface area contributed by atoms with Gasteiger partial charge in [-0.3, -0.25) is 0 Å². The van der Waals surface area contributed by atoms with Crippen LogP contribution in [0.3, 0.4) is 0 Å². The number of fused-ring (bicyclic) bond motifs is 4. The Kier molecular flexibility index (Phi) is 7.56. The molecule has 4 aromatic rings. The molecule has 0 amide bonds. The highest BCUT2D eigenvalue weighted by Crippen LogP contribution is 2.43. The fourth-order valence-corrected chi connectivity index (χ4v) is 7.29. The van der Waals surface area contributed by atoms with Crippen LogP contribution >= 0.6 is 0 Å². The van der Waals surface area contributed by atoms with Gasteiger partial charge in [0.05, 0.1) is 12.7 Å². The Labute approximate surface area is 264 Å². The van der Waals surface area contributed by atoms with Crippen molar-refractivity contribution in [2.45, 2.75) is 44.4 Å². The number of piperazine rings is 1. The van der Waals surface area contributed by atoms with Gasteiger partial charge in [-0.25, -0.2) is 18.2 Å². The SMILES string of the molecule is C#Cc1c(F)ccc2cc(O)cc(-c3nc(OC)c4c(N5C[C@H]6CC[C@@H](C5)N6)nc(OC[C@]5(C)CN(C)CC[C@H]5F)nc4c3F)c12. The molecule has 2 N–H and O–H groups in total. The molecule has 5 heterocycles. The topological polar surface area (TPSA) is 95.9 Å². The van der Waals surface area contributed by atoms with E-state index in [4.69, 9.17) is 20.9 Å². The number of aromatic hydroxyl groups is 1. The van der Waals surface area contributed by atoms with Gasteiger partial charge >= 0.3 is 6.01 Å². The van der Waals surface area contributed by atoms with E-state index in [1.807, 2.05) is 14.0 Å². The maximum atomic E-state index is 17.0. The van der Waals surface area contributed by atoms with Gasteiger partial charge in [0.15, 0.2) is 5.82 Å². The third kappa shape index (κ3) is 5.11. The summed E-state index contributed by atoms with van der Waals surface area (Å²) < 4.78 is 58.9. The van der Waals surface area contributed by atoms with Crippen LogP contribution in [0, 0.1) is 29.4 Å². The minimum atomic E-state index is -1.09. The summed E-state index contributed by atoms with van der Waals surface area (Å²) in [5, 5.41) is 15.0. The highest BCUT2D eigenvalue weighted by atomic mass is 19.1. The van der Waals surface area contributed by atoms with Crippen molar-refractivity contribution in [2.75, 3.05) is 51.8 Å². The first-order valence-electron chi connectivity index (χ1n) is 15.4. The number of nitrogens with one attached hydrogen (secondary N) is 1. The number of terminal acetylenes is 1. The molecule has 0 spiro atoms. The Morgan fingerprint density at radius 3 is 2.59 bits per heavy atom. The number of phenolic OH excluding ortho intramolecular Hbond substituents is 1. The van der Waals surface area contributed by atoms with Crippen LogP contribution in [-0.4, -0.2) is 90.2 Å². The fourth-order valence-electron chi connectivity index (χ4n) is 7.29. The number of ether oxygens (including phenoxy) is 2. The highest BCUT2D eigenvalue weighted by Gasteiger charge is 2.41. The monoisotopic (exact) mass is 632 g/mol. The third-order valence-electron chi connectivity index (χ3n) is 9.56. The second-order valence-corrected chi connectivity index (χ2v) is 13.0. The van der Waals surface area contributed by atoms with Gasteiger partial charge in [0.25, 0.3) is 0 Å². The second kappa shape index (κ2) is 11.5. The Balaban J connectivity index is 1.43. The number of phenols is 1. The molecule has 3 aliphatic rings. The fraction of sp³-hybridized carbons (Fsp3) is 0.441. The Morgan fingerprint density at radius 1 is 1.11 bits per heavy atom. The molecule has 12 heteroatoms. The second-order valence-electron chi connectivity index (χ2n) is 13.0. The van der Waals surface area contributed by atoms with Crippen LogP contribution < -0.4 is 19.7 Å². The van der Waals surface area contributed by atoms with E-state index in [1.54, 1.807) is 0 Å². The molecule has 3 aliphatic heterocycles. The average Bonchev–Trinajstić information content (AvgIpc) is 3.38. The molecule has 3 fully saturated rings. The number of halogens is 3. The maximum absolute atomic E-state index is 17.0. The van der Waals surface area contributed by atoms with Gasteiger partial charge in [0.2, 0.25) is 5.88 Å². The smallest absolute Gasteiger partial charge is 0.319 e. The molecule has 46 heavy (non-hydrogen) atoms. The van der Waals surface area contributed by atoms with E-state index in [1.165, 1.54) is 31.4 Å². The summed E-state index contributed by atoms with van der Waals surface area (Å²) in [6.07, 6.45) is 6.98. The lowest BCUT2D eigenvalue weighted by Gasteiger charge is -2.40. The number of methoxy groups -OCH3 is 1. The zero-order valence-electron chi connectivity index (χ0n) is 25.9. The summed E-state index contributed by atoms with van der Waals surface area (Å²) >= 11 is 0. The van der Waals surface area contributed by atoms with Gasteiger partial charge < -0.3 is 29.7 Å². The lowest BCUT2D eigenvalue weighted by molar-refractivity contribution is -0.00844. The van der Waals surface area contributed by atoms with Crippen LogP contribution in [0.4, 0.5) is 19.0 Å². The van der Waals surface area contributed by atoms with Gasteiger partial charge in [-0.15, -0.1) is 6.42 Å². The normalized spacial score (nSPS) is 24.8. The van der Waals surface area contributed by atoms with Crippen molar-refractivity contribution in [1.82, 2.24) is 25.2 Å². The van der Waals surface area contributed by atoms with E-state index in [0.29, 0.717) is 43.8 Å². The summed E-state index contributed by atoms with van der Waals surface area (Å²) in [7, 11) is 3.35. The van der Waals surface area contributed by atoms with E-state index in [2.05, 4.69) is 31.0 Å². The number of aromatic nitrogens is 3. The molecule has 4 atom stereocenters. The first-order chi connectivity index (χ1) is 22.1. The molecule has 240 valence electrons. The predicted octanol–water partition coefficient (Wildman–Crippen LogP) is 4.82. The molecule has 0 aliphatic carbocycles. The van der Waals surface area contributed by atoms with Crippen LogP contribution in [0.5, 0.6) is 17.6 Å². The van der Waals surface area contributed by atoms with E-state index in [-0.39, 0.29) is 69.4 Å². The first-order valence-corrected chi connectivity index (χ1v) is 15.4. The van der Waals surface area contributed by atoms with E-state index in [9.17, 15) is 9.50 Å². The van der Waals surface area contributed by atoms with Crippen LogP contribution in [-0.2, 0) is 0 Å². The van der Waals surface area contributed by atoms with Crippen molar-refractivity contribution in [3.63, 3.8) is 0 Å². The summed E-state index contributed by atoms with van der Waals surface area (Å²) in [4.78, 5) is 17.9. The number of hydrogen-bond donors (Lipinski definition) is 2. The number of anilines is 1. The summed E-state index contributed by atoms with van der Waals surface area (Å²) in [6, 6.07) is 5.71. The molecule has 3 saturated heterocycles. The van der Waals surface area contributed by atoms with Crippen molar-refractivity contribution < 1.29 is 27.8 Å². The van der Waals surface area contributed by atoms with Crippen LogP contribution in [0.25, 0.3) is 32.9 Å². The standard InChI is InChI=1S/C34H35F3N6O3/c1-5-22-24(35)9-6-18-12-21(44)13-23(26(18)22)29-28(37)30-27(32(39-29)45-4)31(43-14-19-7-8-20(15-43)38-19)41-33(40-30)46-17-34(2)16-42(3)11-10-25(34)36/h1,6,9,12-13,19-20,25,38,44H,7-8,10-11,14-17H2,2-4H3/t19-,20+,25-,34+/m1/s1. The lowest BCUT2D eigenvalue weighted by Crippen LogP contribution is -2.51. The summed E-state index contributed by atoms with van der Waals surface area (Å²) in [5.74, 6) is 1.08. The zero-order valence-corrected chi connectivity index (χ0v) is 25.9. The minimum Gasteiger partial charge on any atom is -0.508 e. The summed E-state index contributed by atoms with van der Waals surface area (Å²) in [6.45, 7) is 4.16. The minimum absolute atomic E-state index is 0.0189. The van der Waals surface area contributed by atoms with Crippen LogP contribution in [0.2, 0.25) is 0 Å². The van der Waals surface area contributed by atoms with Gasteiger partial charge in [-0.2, -0.15) is 9.97 Å². The Bertz CT molecular complexity index is 1890. The number of rotatable bonds is 6. The molecule has 0 unspecified atom stereocenters. The zero-order chi connectivity index (χ0) is 32.3. The molecule has 0 radical (unpaired) electrons. The molecule has 2 aromatic carbocycles. The Morgan fingerprint density at radius 2 is 1.87 bits per heavy atom.